The Hall–Kier alpha value is -1.65. The number of nitrogens with zero attached hydrogens (tertiary/aromatic N) is 2. The van der Waals surface area contributed by atoms with Gasteiger partial charge < -0.3 is 9.67 Å². The number of aromatic nitrogens is 2. The number of hydrogen-bond donors (Lipinski definition) is 1. The predicted octanol–water partition coefficient (Wildman–Crippen LogP) is 3.20. The van der Waals surface area contributed by atoms with Gasteiger partial charge in [-0.1, -0.05) is 18.2 Å². The van der Waals surface area contributed by atoms with E-state index in [1.807, 2.05) is 41.3 Å². The molecule has 4 heteroatoms. The molecule has 3 aromatic rings. The first-order chi connectivity index (χ1) is 8.81. The molecule has 1 atom stereocenters. The van der Waals surface area contributed by atoms with E-state index in [9.17, 15) is 5.11 Å². The van der Waals surface area contributed by atoms with Crippen molar-refractivity contribution < 1.29 is 5.11 Å². The van der Waals surface area contributed by atoms with Gasteiger partial charge in [0.05, 0.1) is 0 Å². The Balaban J connectivity index is 2.09. The highest BCUT2D eigenvalue weighted by atomic mass is 32.1. The van der Waals surface area contributed by atoms with E-state index in [0.717, 1.165) is 17.5 Å². The van der Waals surface area contributed by atoms with Crippen molar-refractivity contribution in [3.8, 4) is 0 Å². The summed E-state index contributed by atoms with van der Waals surface area (Å²) >= 11 is 1.66. The lowest BCUT2D eigenvalue weighted by atomic mass is 10.1. The first kappa shape index (κ1) is 11.4. The van der Waals surface area contributed by atoms with Gasteiger partial charge in [-0.25, -0.2) is 4.98 Å². The second-order valence-corrected chi connectivity index (χ2v) is 5.07. The highest BCUT2D eigenvalue weighted by Gasteiger charge is 2.18. The molecule has 0 spiro atoms. The van der Waals surface area contributed by atoms with Crippen molar-refractivity contribution in [2.45, 2.75) is 19.6 Å². The third-order valence-electron chi connectivity index (χ3n) is 3.14. The molecule has 0 saturated heterocycles. The quantitative estimate of drug-likeness (QED) is 0.783. The smallest absolute Gasteiger partial charge is 0.142 e. The molecule has 3 nitrogen and oxygen atoms in total. The Morgan fingerprint density at radius 2 is 2.22 bits per heavy atom. The van der Waals surface area contributed by atoms with Crippen LogP contribution in [0.15, 0.2) is 42.0 Å². The second-order valence-electron chi connectivity index (χ2n) is 4.16. The highest BCUT2D eigenvalue weighted by molar-refractivity contribution is 7.17. The van der Waals surface area contributed by atoms with Crippen LogP contribution in [0.2, 0.25) is 0 Å². The minimum Gasteiger partial charge on any atom is -0.380 e. The van der Waals surface area contributed by atoms with Gasteiger partial charge in [-0.3, -0.25) is 0 Å². The first-order valence-electron chi connectivity index (χ1n) is 5.96. The van der Waals surface area contributed by atoms with Crippen molar-refractivity contribution in [3.05, 3.63) is 53.4 Å². The number of aliphatic hydroxyl groups excluding tert-OH is 1. The molecule has 2 heterocycles. The molecule has 2 aromatic heterocycles. The van der Waals surface area contributed by atoms with Gasteiger partial charge in [0.2, 0.25) is 0 Å². The molecule has 0 saturated carbocycles. The Kier molecular flexibility index (Phi) is 2.89. The number of fused-ring (bicyclic) bond motifs is 1. The number of thiophene rings is 1. The maximum atomic E-state index is 10.5. The summed E-state index contributed by atoms with van der Waals surface area (Å²) in [6, 6.07) is 8.13. The van der Waals surface area contributed by atoms with Crippen molar-refractivity contribution in [1.29, 1.82) is 0 Å². The van der Waals surface area contributed by atoms with E-state index < -0.39 is 6.10 Å². The van der Waals surface area contributed by atoms with Gasteiger partial charge in [0.25, 0.3) is 0 Å². The van der Waals surface area contributed by atoms with Crippen LogP contribution in [0.25, 0.3) is 10.1 Å². The van der Waals surface area contributed by atoms with E-state index in [-0.39, 0.29) is 0 Å². The summed E-state index contributed by atoms with van der Waals surface area (Å²) in [6.07, 6.45) is 2.97. The monoisotopic (exact) mass is 258 g/mol. The summed E-state index contributed by atoms with van der Waals surface area (Å²) < 4.78 is 3.16. The third-order valence-corrected chi connectivity index (χ3v) is 4.12. The zero-order valence-electron chi connectivity index (χ0n) is 10.1. The second kappa shape index (κ2) is 4.55. The number of hydrogen-bond acceptors (Lipinski definition) is 3. The fraction of sp³-hybridized carbons (Fsp3) is 0.214. The van der Waals surface area contributed by atoms with Crippen LogP contribution in [0.3, 0.4) is 0 Å². The molecule has 0 amide bonds. The molecule has 0 fully saturated rings. The molecular formula is C14H14N2OS. The van der Waals surface area contributed by atoms with Crippen LogP contribution < -0.4 is 0 Å². The van der Waals surface area contributed by atoms with E-state index in [0.29, 0.717) is 5.82 Å². The van der Waals surface area contributed by atoms with E-state index >= 15 is 0 Å². The van der Waals surface area contributed by atoms with Crippen molar-refractivity contribution >= 4 is 21.4 Å². The van der Waals surface area contributed by atoms with Gasteiger partial charge >= 0.3 is 0 Å². The average Bonchev–Trinajstić information content (AvgIpc) is 3.04. The van der Waals surface area contributed by atoms with Crippen LogP contribution >= 0.6 is 11.3 Å². The fourth-order valence-electron chi connectivity index (χ4n) is 2.18. The van der Waals surface area contributed by atoms with E-state index in [4.69, 9.17) is 0 Å². The SMILES string of the molecule is CCn1ccnc1C(O)c1csc2ccccc12. The molecule has 0 aliphatic rings. The fourth-order valence-corrected chi connectivity index (χ4v) is 3.16. The summed E-state index contributed by atoms with van der Waals surface area (Å²) in [4.78, 5) is 4.27. The molecule has 0 aliphatic heterocycles. The van der Waals surface area contributed by atoms with Crippen LogP contribution in [-0.2, 0) is 6.54 Å². The van der Waals surface area contributed by atoms with Crippen LogP contribution in [-0.4, -0.2) is 14.7 Å². The summed E-state index contributed by atoms with van der Waals surface area (Å²) in [7, 11) is 0. The highest BCUT2D eigenvalue weighted by Crippen LogP contribution is 2.32. The van der Waals surface area contributed by atoms with E-state index in [2.05, 4.69) is 11.1 Å². The lowest BCUT2D eigenvalue weighted by molar-refractivity contribution is 0.207. The standard InChI is InChI=1S/C14H14N2OS/c1-2-16-8-7-15-14(16)13(17)11-9-18-12-6-4-3-5-10(11)12/h3-9,13,17H,2H2,1H3. The van der Waals surface area contributed by atoms with Gasteiger partial charge in [0.1, 0.15) is 11.9 Å². The lowest BCUT2D eigenvalue weighted by Crippen LogP contribution is -2.08. The molecule has 18 heavy (non-hydrogen) atoms. The van der Waals surface area contributed by atoms with Gasteiger partial charge in [0.15, 0.2) is 0 Å². The molecule has 1 N–H and O–H groups in total. The van der Waals surface area contributed by atoms with Crippen molar-refractivity contribution in [1.82, 2.24) is 9.55 Å². The Morgan fingerprint density at radius 1 is 1.39 bits per heavy atom. The topological polar surface area (TPSA) is 38.0 Å². The minimum absolute atomic E-state index is 0.656. The summed E-state index contributed by atoms with van der Waals surface area (Å²) in [5.41, 5.74) is 0.941. The maximum Gasteiger partial charge on any atom is 0.142 e. The van der Waals surface area contributed by atoms with E-state index in [1.165, 1.54) is 4.70 Å². The average molecular weight is 258 g/mol. The van der Waals surface area contributed by atoms with Crippen molar-refractivity contribution in [2.75, 3.05) is 0 Å². The first-order valence-corrected chi connectivity index (χ1v) is 6.84. The summed E-state index contributed by atoms with van der Waals surface area (Å²) in [5, 5.41) is 13.6. The minimum atomic E-state index is -0.656. The largest absolute Gasteiger partial charge is 0.380 e. The number of benzene rings is 1. The number of aryl methyl sites for hydroxylation is 1. The van der Waals surface area contributed by atoms with Crippen LogP contribution in [0.5, 0.6) is 0 Å². The van der Waals surface area contributed by atoms with Crippen LogP contribution in [0.4, 0.5) is 0 Å². The van der Waals surface area contributed by atoms with Gasteiger partial charge in [-0.05, 0) is 23.8 Å². The van der Waals surface area contributed by atoms with Gasteiger partial charge in [0, 0.05) is 29.2 Å². The van der Waals surface area contributed by atoms with Crippen LogP contribution in [0.1, 0.15) is 24.4 Å². The summed E-state index contributed by atoms with van der Waals surface area (Å²) in [6.45, 7) is 2.86. The van der Waals surface area contributed by atoms with Gasteiger partial charge in [-0.15, -0.1) is 11.3 Å². The predicted molar refractivity (Wildman–Crippen MR) is 73.8 cm³/mol. The number of aliphatic hydroxyl groups is 1. The molecule has 1 unspecified atom stereocenters. The van der Waals surface area contributed by atoms with Crippen molar-refractivity contribution in [3.63, 3.8) is 0 Å². The Morgan fingerprint density at radius 3 is 3.06 bits per heavy atom. The molecule has 3 rings (SSSR count). The number of rotatable bonds is 3. The summed E-state index contributed by atoms with van der Waals surface area (Å²) in [5.74, 6) is 0.709. The Labute approximate surface area is 109 Å². The molecule has 1 aromatic carbocycles. The van der Waals surface area contributed by atoms with Crippen LogP contribution in [0, 0.1) is 0 Å². The third kappa shape index (κ3) is 1.74. The lowest BCUT2D eigenvalue weighted by Gasteiger charge is -2.11. The van der Waals surface area contributed by atoms with Crippen molar-refractivity contribution in [2.24, 2.45) is 0 Å². The number of imidazole rings is 1. The Bertz CT molecular complexity index is 671. The molecule has 0 radical (unpaired) electrons. The zero-order valence-corrected chi connectivity index (χ0v) is 10.9. The molecule has 0 aliphatic carbocycles. The maximum absolute atomic E-state index is 10.5. The molecular weight excluding hydrogens is 244 g/mol. The normalized spacial score (nSPS) is 13.0. The molecule has 92 valence electrons. The van der Waals surface area contributed by atoms with E-state index in [1.54, 1.807) is 17.5 Å². The zero-order chi connectivity index (χ0) is 12.5. The molecule has 0 bridgehead atoms. The van der Waals surface area contributed by atoms with Gasteiger partial charge in [-0.2, -0.15) is 0 Å².